The maximum Gasteiger partial charge on any atom is 0.0799 e. The van der Waals surface area contributed by atoms with E-state index in [0.717, 1.165) is 5.92 Å². The molecule has 2 atom stereocenters. The summed E-state index contributed by atoms with van der Waals surface area (Å²) in [5.41, 5.74) is 0. The van der Waals surface area contributed by atoms with Crippen LogP contribution < -0.4 is 17.3 Å². The van der Waals surface area contributed by atoms with Gasteiger partial charge in [0, 0.05) is 5.92 Å². The van der Waals surface area contributed by atoms with Gasteiger partial charge in [0.25, 0.3) is 0 Å². The molecule has 1 rings (SSSR count). The molecule has 1 N–H and O–H groups in total. The highest BCUT2D eigenvalue weighted by Crippen LogP contribution is 2.15. The van der Waals surface area contributed by atoms with Crippen LogP contribution in [-0.2, 0) is 0 Å². The van der Waals surface area contributed by atoms with E-state index in [1.54, 1.807) is 0 Å². The van der Waals surface area contributed by atoms with Crippen molar-refractivity contribution in [2.45, 2.75) is 110 Å². The predicted molar refractivity (Wildman–Crippen MR) is 99.7 cm³/mol. The van der Waals surface area contributed by atoms with Crippen molar-refractivity contribution < 1.29 is 17.3 Å². The third-order valence-electron chi connectivity index (χ3n) is 5.57. The minimum Gasteiger partial charge on any atom is -1.00 e. The Hall–Kier alpha value is 0.250. The van der Waals surface area contributed by atoms with Crippen LogP contribution in [0.4, 0.5) is 0 Å². The third kappa shape index (κ3) is 13.2. The first-order chi connectivity index (χ1) is 10.9. The van der Waals surface area contributed by atoms with Crippen LogP contribution in [0, 0.1) is 5.92 Å². The van der Waals surface area contributed by atoms with E-state index in [4.69, 9.17) is 0 Å². The van der Waals surface area contributed by atoms with Crippen molar-refractivity contribution in [1.29, 1.82) is 0 Å². The second-order valence-electron chi connectivity index (χ2n) is 7.79. The van der Waals surface area contributed by atoms with Gasteiger partial charge in [-0.3, -0.25) is 0 Å². The van der Waals surface area contributed by atoms with E-state index >= 15 is 0 Å². The first kappa shape index (κ1) is 23.2. The molecular formula is C21H44ClN. The molecule has 0 radical (unpaired) electrons. The van der Waals surface area contributed by atoms with Gasteiger partial charge in [-0.2, -0.15) is 0 Å². The average molecular weight is 346 g/mol. The molecule has 1 aliphatic rings. The van der Waals surface area contributed by atoms with Crippen LogP contribution in [-0.4, -0.2) is 19.6 Å². The van der Waals surface area contributed by atoms with E-state index in [2.05, 4.69) is 13.8 Å². The predicted octanol–water partition coefficient (Wildman–Crippen LogP) is 2.40. The molecule has 2 unspecified atom stereocenters. The van der Waals surface area contributed by atoms with Crippen molar-refractivity contribution >= 4 is 0 Å². The molecule has 1 nitrogen and oxygen atoms in total. The number of unbranched alkanes of at least 4 members (excludes halogenated alkanes) is 10. The normalized spacial score (nSPS) is 21.1. The molecule has 1 heterocycles. The van der Waals surface area contributed by atoms with E-state index in [-0.39, 0.29) is 12.4 Å². The smallest absolute Gasteiger partial charge is 0.0799 e. The van der Waals surface area contributed by atoms with Gasteiger partial charge in [-0.05, 0) is 32.1 Å². The zero-order valence-corrected chi connectivity index (χ0v) is 16.9. The molecule has 0 aromatic heterocycles. The van der Waals surface area contributed by atoms with Gasteiger partial charge in [-0.25, -0.2) is 0 Å². The summed E-state index contributed by atoms with van der Waals surface area (Å²) in [6, 6.07) is 0. The van der Waals surface area contributed by atoms with Gasteiger partial charge in [-0.1, -0.05) is 78.1 Å². The van der Waals surface area contributed by atoms with Crippen LogP contribution in [0.25, 0.3) is 0 Å². The molecular weight excluding hydrogens is 302 g/mol. The van der Waals surface area contributed by atoms with Crippen molar-refractivity contribution in [2.75, 3.05) is 19.6 Å². The second-order valence-corrected chi connectivity index (χ2v) is 7.79. The Morgan fingerprint density at radius 3 is 1.91 bits per heavy atom. The number of hydrogen-bond acceptors (Lipinski definition) is 0. The molecule has 0 aromatic carbocycles. The van der Waals surface area contributed by atoms with Crippen molar-refractivity contribution in [2.24, 2.45) is 5.92 Å². The van der Waals surface area contributed by atoms with Crippen LogP contribution in [0.1, 0.15) is 110 Å². The largest absolute Gasteiger partial charge is 1.00 e. The van der Waals surface area contributed by atoms with Gasteiger partial charge in [0.15, 0.2) is 0 Å². The number of quaternary nitrogens is 1. The van der Waals surface area contributed by atoms with Crippen molar-refractivity contribution in [3.05, 3.63) is 0 Å². The quantitative estimate of drug-likeness (QED) is 0.461. The molecule has 0 aliphatic carbocycles. The average Bonchev–Trinajstić information content (AvgIpc) is 2.55. The molecule has 140 valence electrons. The first-order valence-electron chi connectivity index (χ1n) is 10.7. The molecule has 1 aliphatic heterocycles. The monoisotopic (exact) mass is 345 g/mol. The molecule has 23 heavy (non-hydrogen) atoms. The summed E-state index contributed by atoms with van der Waals surface area (Å²) in [4.78, 5) is 1.92. The van der Waals surface area contributed by atoms with E-state index in [1.807, 2.05) is 4.90 Å². The van der Waals surface area contributed by atoms with Crippen LogP contribution in [0.3, 0.4) is 0 Å². The van der Waals surface area contributed by atoms with E-state index in [1.165, 1.54) is 116 Å². The van der Waals surface area contributed by atoms with Crippen LogP contribution in [0.2, 0.25) is 0 Å². The Morgan fingerprint density at radius 1 is 0.739 bits per heavy atom. The standard InChI is InChI=1S/C21H43N.ClH/c1-3-5-7-8-9-10-11-12-13-14-18-22-19-15-17-21(20-22)16-6-4-2;/h21H,3-20H2,1-2H3;1H. The molecule has 1 saturated heterocycles. The summed E-state index contributed by atoms with van der Waals surface area (Å²) in [5.74, 6) is 1.05. The lowest BCUT2D eigenvalue weighted by Gasteiger charge is -2.30. The SMILES string of the molecule is CCCCCCCCCCCC[NH+]1CCCC(CCCC)C1.[Cl-]. The summed E-state index contributed by atoms with van der Waals surface area (Å²) >= 11 is 0. The fraction of sp³-hybridized carbons (Fsp3) is 1.00. The Balaban J connectivity index is 0.00000484. The molecule has 0 amide bonds. The number of halogens is 1. The van der Waals surface area contributed by atoms with Gasteiger partial charge in [0.2, 0.25) is 0 Å². The molecule has 0 saturated carbocycles. The van der Waals surface area contributed by atoms with Crippen LogP contribution in [0.15, 0.2) is 0 Å². The van der Waals surface area contributed by atoms with E-state index < -0.39 is 0 Å². The van der Waals surface area contributed by atoms with Crippen LogP contribution >= 0.6 is 0 Å². The van der Waals surface area contributed by atoms with E-state index in [0.29, 0.717) is 0 Å². The lowest BCUT2D eigenvalue weighted by Crippen LogP contribution is -3.13. The Labute approximate surface area is 153 Å². The maximum atomic E-state index is 2.33. The van der Waals surface area contributed by atoms with Gasteiger partial charge in [0.1, 0.15) is 0 Å². The summed E-state index contributed by atoms with van der Waals surface area (Å²) in [6.45, 7) is 9.03. The fourth-order valence-electron chi connectivity index (χ4n) is 4.08. The topological polar surface area (TPSA) is 4.44 Å². The summed E-state index contributed by atoms with van der Waals surface area (Å²) in [6.07, 6.45) is 22.0. The number of piperidine rings is 1. The third-order valence-corrected chi connectivity index (χ3v) is 5.57. The molecule has 0 bridgehead atoms. The number of hydrogen-bond donors (Lipinski definition) is 1. The van der Waals surface area contributed by atoms with Crippen molar-refractivity contribution in [3.8, 4) is 0 Å². The lowest BCUT2D eigenvalue weighted by molar-refractivity contribution is -0.909. The van der Waals surface area contributed by atoms with Gasteiger partial charge in [-0.15, -0.1) is 0 Å². The Kier molecular flexibility index (Phi) is 17.3. The van der Waals surface area contributed by atoms with E-state index in [9.17, 15) is 0 Å². The van der Waals surface area contributed by atoms with Crippen LogP contribution in [0.5, 0.6) is 0 Å². The minimum absolute atomic E-state index is 0. The van der Waals surface area contributed by atoms with Crippen molar-refractivity contribution in [1.82, 2.24) is 0 Å². The number of rotatable bonds is 14. The highest BCUT2D eigenvalue weighted by molar-refractivity contribution is 4.62. The zero-order valence-electron chi connectivity index (χ0n) is 16.2. The van der Waals surface area contributed by atoms with Gasteiger partial charge in [0.05, 0.1) is 19.6 Å². The van der Waals surface area contributed by atoms with Gasteiger partial charge < -0.3 is 17.3 Å². The van der Waals surface area contributed by atoms with Gasteiger partial charge >= 0.3 is 0 Å². The maximum absolute atomic E-state index is 2.33. The Bertz CT molecular complexity index is 232. The lowest BCUT2D eigenvalue weighted by atomic mass is 9.92. The summed E-state index contributed by atoms with van der Waals surface area (Å²) in [7, 11) is 0. The summed E-state index contributed by atoms with van der Waals surface area (Å²) < 4.78 is 0. The molecule has 0 aromatic rings. The molecule has 2 heteroatoms. The minimum atomic E-state index is 0. The summed E-state index contributed by atoms with van der Waals surface area (Å²) in [5, 5.41) is 0. The Morgan fingerprint density at radius 2 is 1.30 bits per heavy atom. The zero-order chi connectivity index (χ0) is 15.9. The molecule has 0 spiro atoms. The highest BCUT2D eigenvalue weighted by Gasteiger charge is 2.21. The molecule has 1 fully saturated rings. The second kappa shape index (κ2) is 17.1. The first-order valence-corrected chi connectivity index (χ1v) is 10.7. The number of likely N-dealkylation sites (tertiary alicyclic amines) is 1. The number of nitrogens with one attached hydrogen (secondary N) is 1. The van der Waals surface area contributed by atoms with Crippen molar-refractivity contribution in [3.63, 3.8) is 0 Å². The fourth-order valence-corrected chi connectivity index (χ4v) is 4.08. The highest BCUT2D eigenvalue weighted by atomic mass is 35.5.